The predicted octanol–water partition coefficient (Wildman–Crippen LogP) is 2.29. The van der Waals surface area contributed by atoms with Gasteiger partial charge in [0.15, 0.2) is 17.7 Å². The standard InChI is InChI=1S/C13H8N2O6/c16-7-8-6-9(15(19)20)3-4-10(8)21-11-2-1-5-14-12(11)13(17)18/h1-7H,(H,17,18). The van der Waals surface area contributed by atoms with Crippen molar-refractivity contribution in [3.8, 4) is 11.5 Å². The Labute approximate surface area is 117 Å². The number of nitro benzene ring substituents is 1. The fourth-order valence-corrected chi connectivity index (χ4v) is 1.59. The van der Waals surface area contributed by atoms with Crippen molar-refractivity contribution in [2.45, 2.75) is 0 Å². The number of nitrogens with zero attached hydrogens (tertiary/aromatic N) is 2. The van der Waals surface area contributed by atoms with Crippen LogP contribution in [0.3, 0.4) is 0 Å². The van der Waals surface area contributed by atoms with E-state index in [1.807, 2.05) is 0 Å². The summed E-state index contributed by atoms with van der Waals surface area (Å²) in [7, 11) is 0. The summed E-state index contributed by atoms with van der Waals surface area (Å²) in [6, 6.07) is 6.25. The number of pyridine rings is 1. The van der Waals surface area contributed by atoms with Crippen molar-refractivity contribution < 1.29 is 24.4 Å². The van der Waals surface area contributed by atoms with Crippen LogP contribution in [0.5, 0.6) is 11.5 Å². The van der Waals surface area contributed by atoms with E-state index in [1.165, 1.54) is 24.4 Å². The highest BCUT2D eigenvalue weighted by molar-refractivity contribution is 5.89. The molecule has 1 N–H and O–H groups in total. The van der Waals surface area contributed by atoms with Crippen LogP contribution in [0.1, 0.15) is 20.8 Å². The van der Waals surface area contributed by atoms with Crippen LogP contribution < -0.4 is 4.74 Å². The highest BCUT2D eigenvalue weighted by Crippen LogP contribution is 2.29. The smallest absolute Gasteiger partial charge is 0.358 e. The molecule has 0 radical (unpaired) electrons. The van der Waals surface area contributed by atoms with Crippen LogP contribution in [0.2, 0.25) is 0 Å². The van der Waals surface area contributed by atoms with Gasteiger partial charge in [-0.3, -0.25) is 14.9 Å². The first kappa shape index (κ1) is 14.1. The molecule has 0 aliphatic carbocycles. The lowest BCUT2D eigenvalue weighted by atomic mass is 10.2. The number of hydrogen-bond acceptors (Lipinski definition) is 6. The molecular formula is C13H8N2O6. The molecule has 0 aliphatic rings. The average Bonchev–Trinajstić information content (AvgIpc) is 2.47. The highest BCUT2D eigenvalue weighted by atomic mass is 16.6. The summed E-state index contributed by atoms with van der Waals surface area (Å²) < 4.78 is 5.33. The summed E-state index contributed by atoms with van der Waals surface area (Å²) in [5.74, 6) is -1.35. The molecule has 2 rings (SSSR count). The third kappa shape index (κ3) is 3.00. The first-order chi connectivity index (χ1) is 10.0. The molecule has 0 saturated carbocycles. The fourth-order valence-electron chi connectivity index (χ4n) is 1.59. The molecule has 106 valence electrons. The minimum atomic E-state index is -1.29. The number of carboxylic acid groups (broad SMARTS) is 1. The first-order valence-electron chi connectivity index (χ1n) is 5.62. The average molecular weight is 288 g/mol. The van der Waals surface area contributed by atoms with Crippen molar-refractivity contribution in [3.63, 3.8) is 0 Å². The number of hydrogen-bond donors (Lipinski definition) is 1. The zero-order valence-electron chi connectivity index (χ0n) is 10.4. The van der Waals surface area contributed by atoms with Crippen LogP contribution in [0.15, 0.2) is 36.5 Å². The molecule has 21 heavy (non-hydrogen) atoms. The Bertz CT molecular complexity index is 728. The molecule has 1 heterocycles. The van der Waals surface area contributed by atoms with Gasteiger partial charge >= 0.3 is 5.97 Å². The molecule has 0 aliphatic heterocycles. The number of benzene rings is 1. The van der Waals surface area contributed by atoms with Crippen LogP contribution in [0.25, 0.3) is 0 Å². The van der Waals surface area contributed by atoms with Crippen LogP contribution in [-0.2, 0) is 0 Å². The third-order valence-corrected chi connectivity index (χ3v) is 2.52. The van der Waals surface area contributed by atoms with E-state index in [9.17, 15) is 19.7 Å². The van der Waals surface area contributed by atoms with Crippen molar-refractivity contribution in [3.05, 3.63) is 57.9 Å². The lowest BCUT2D eigenvalue weighted by Gasteiger charge is -2.09. The summed E-state index contributed by atoms with van der Waals surface area (Å²) in [6.07, 6.45) is 1.67. The van der Waals surface area contributed by atoms with Gasteiger partial charge in [0.05, 0.1) is 10.5 Å². The first-order valence-corrected chi connectivity index (χ1v) is 5.62. The Morgan fingerprint density at radius 3 is 2.71 bits per heavy atom. The molecule has 1 aromatic heterocycles. The second-order valence-corrected chi connectivity index (χ2v) is 3.85. The van der Waals surface area contributed by atoms with Gasteiger partial charge in [-0.05, 0) is 18.2 Å². The third-order valence-electron chi connectivity index (χ3n) is 2.52. The summed E-state index contributed by atoms with van der Waals surface area (Å²) >= 11 is 0. The molecule has 0 amide bonds. The Hall–Kier alpha value is -3.29. The summed E-state index contributed by atoms with van der Waals surface area (Å²) in [5, 5.41) is 19.6. The van der Waals surface area contributed by atoms with E-state index in [-0.39, 0.29) is 28.4 Å². The number of non-ortho nitro benzene ring substituents is 1. The second-order valence-electron chi connectivity index (χ2n) is 3.85. The quantitative estimate of drug-likeness (QED) is 0.509. The fraction of sp³-hybridized carbons (Fsp3) is 0. The number of carboxylic acids is 1. The topological polar surface area (TPSA) is 120 Å². The summed E-state index contributed by atoms with van der Waals surface area (Å²) in [6.45, 7) is 0. The Kier molecular flexibility index (Phi) is 3.89. The monoisotopic (exact) mass is 288 g/mol. The number of carbonyl (C=O) groups is 2. The van der Waals surface area contributed by atoms with Crippen LogP contribution in [-0.4, -0.2) is 27.3 Å². The SMILES string of the molecule is O=Cc1cc([N+](=O)[O-])ccc1Oc1cccnc1C(=O)O. The molecule has 0 unspecified atom stereocenters. The van der Waals surface area contributed by atoms with Crippen molar-refractivity contribution in [2.24, 2.45) is 0 Å². The van der Waals surface area contributed by atoms with Crippen molar-refractivity contribution in [1.82, 2.24) is 4.98 Å². The van der Waals surface area contributed by atoms with E-state index in [2.05, 4.69) is 4.98 Å². The number of aldehydes is 1. The molecule has 8 heteroatoms. The number of rotatable bonds is 5. The molecule has 0 bridgehead atoms. The van der Waals surface area contributed by atoms with Crippen molar-refractivity contribution >= 4 is 17.9 Å². The van der Waals surface area contributed by atoms with E-state index in [1.54, 1.807) is 0 Å². The lowest BCUT2D eigenvalue weighted by Crippen LogP contribution is -2.03. The number of ether oxygens (including phenoxy) is 1. The lowest BCUT2D eigenvalue weighted by molar-refractivity contribution is -0.384. The normalized spacial score (nSPS) is 9.90. The summed E-state index contributed by atoms with van der Waals surface area (Å²) in [5.41, 5.74) is -0.661. The molecule has 0 spiro atoms. The van der Waals surface area contributed by atoms with Gasteiger partial charge in [0.25, 0.3) is 5.69 Å². The molecule has 0 saturated heterocycles. The molecule has 0 atom stereocenters. The number of aromatic carboxylic acids is 1. The van der Waals surface area contributed by atoms with E-state index < -0.39 is 10.9 Å². The van der Waals surface area contributed by atoms with Gasteiger partial charge in [-0.25, -0.2) is 9.78 Å². The van der Waals surface area contributed by atoms with Gasteiger partial charge in [-0.1, -0.05) is 0 Å². The molecule has 1 aromatic carbocycles. The predicted molar refractivity (Wildman–Crippen MR) is 69.8 cm³/mol. The zero-order chi connectivity index (χ0) is 15.4. The van der Waals surface area contributed by atoms with Crippen LogP contribution in [0, 0.1) is 10.1 Å². The maximum absolute atomic E-state index is 11.0. The van der Waals surface area contributed by atoms with Crippen molar-refractivity contribution in [1.29, 1.82) is 0 Å². The highest BCUT2D eigenvalue weighted by Gasteiger charge is 2.16. The van der Waals surface area contributed by atoms with Gasteiger partial charge in [0.2, 0.25) is 0 Å². The largest absolute Gasteiger partial charge is 0.476 e. The maximum atomic E-state index is 11.0. The molecular weight excluding hydrogens is 280 g/mol. The van der Waals surface area contributed by atoms with Gasteiger partial charge in [0.1, 0.15) is 5.75 Å². The van der Waals surface area contributed by atoms with E-state index in [0.717, 1.165) is 12.1 Å². The van der Waals surface area contributed by atoms with Gasteiger partial charge in [-0.2, -0.15) is 0 Å². The van der Waals surface area contributed by atoms with E-state index in [4.69, 9.17) is 9.84 Å². The number of aromatic nitrogens is 1. The van der Waals surface area contributed by atoms with Gasteiger partial charge in [0, 0.05) is 18.3 Å². The van der Waals surface area contributed by atoms with E-state index >= 15 is 0 Å². The summed E-state index contributed by atoms with van der Waals surface area (Å²) in [4.78, 5) is 35.6. The molecule has 0 fully saturated rings. The molecule has 2 aromatic rings. The zero-order valence-corrected chi connectivity index (χ0v) is 10.4. The second kappa shape index (κ2) is 5.78. The minimum absolute atomic E-state index is 0.00565. The minimum Gasteiger partial charge on any atom is -0.476 e. The maximum Gasteiger partial charge on any atom is 0.358 e. The van der Waals surface area contributed by atoms with Gasteiger partial charge in [-0.15, -0.1) is 0 Å². The number of carbonyl (C=O) groups excluding carboxylic acids is 1. The Morgan fingerprint density at radius 2 is 2.10 bits per heavy atom. The van der Waals surface area contributed by atoms with Crippen molar-refractivity contribution in [2.75, 3.05) is 0 Å². The van der Waals surface area contributed by atoms with E-state index in [0.29, 0.717) is 6.29 Å². The Morgan fingerprint density at radius 1 is 1.33 bits per heavy atom. The van der Waals surface area contributed by atoms with Gasteiger partial charge < -0.3 is 9.84 Å². The van der Waals surface area contributed by atoms with Crippen LogP contribution >= 0.6 is 0 Å². The number of nitro groups is 1. The molecule has 8 nitrogen and oxygen atoms in total. The Balaban J connectivity index is 2.43. The van der Waals surface area contributed by atoms with Crippen LogP contribution in [0.4, 0.5) is 5.69 Å².